The highest BCUT2D eigenvalue weighted by atomic mass is 16.4. The first kappa shape index (κ1) is 18.9. The van der Waals surface area contributed by atoms with Crippen molar-refractivity contribution < 1.29 is 9.90 Å². The number of nitrogens with one attached hydrogen (secondary N) is 1. The average Bonchev–Trinajstić information content (AvgIpc) is 2.69. The molecule has 0 fully saturated rings. The number of rotatable bonds is 7. The molecule has 0 saturated heterocycles. The van der Waals surface area contributed by atoms with E-state index in [-0.39, 0.29) is 5.92 Å². The molecule has 1 heterocycles. The molecule has 0 saturated carbocycles. The fraction of sp³-hybridized carbons (Fsp3) is 0.273. The number of carboxylic acids is 1. The summed E-state index contributed by atoms with van der Waals surface area (Å²) in [6, 6.07) is 17.1. The number of carbonyl (C=O) groups is 1. The molecule has 2 atom stereocenters. The molecule has 2 aromatic carbocycles. The van der Waals surface area contributed by atoms with E-state index in [4.69, 9.17) is 10.7 Å². The number of benzene rings is 2. The fourth-order valence-corrected chi connectivity index (χ4v) is 3.35. The van der Waals surface area contributed by atoms with Gasteiger partial charge in [-0.25, -0.2) is 4.98 Å². The zero-order chi connectivity index (χ0) is 19.4. The van der Waals surface area contributed by atoms with E-state index in [9.17, 15) is 9.90 Å². The van der Waals surface area contributed by atoms with Gasteiger partial charge >= 0.3 is 5.97 Å². The molecule has 0 bridgehead atoms. The van der Waals surface area contributed by atoms with E-state index in [0.29, 0.717) is 6.42 Å². The molecule has 2 unspecified atom stereocenters. The summed E-state index contributed by atoms with van der Waals surface area (Å²) in [5.74, 6) is -0.359. The third-order valence-electron chi connectivity index (χ3n) is 4.92. The maximum absolute atomic E-state index is 11.2. The van der Waals surface area contributed by atoms with E-state index in [1.807, 2.05) is 43.3 Å². The Hall–Kier alpha value is -2.92. The number of aryl methyl sites for hydroxylation is 1. The van der Waals surface area contributed by atoms with Crippen LogP contribution in [0.2, 0.25) is 0 Å². The van der Waals surface area contributed by atoms with Crippen LogP contribution in [-0.4, -0.2) is 22.1 Å². The first-order valence-corrected chi connectivity index (χ1v) is 9.27. The SMILES string of the molecule is CCc1cc2ccccc2c(Nc2ccc(C(CC)C(N)C(=O)O)cc2)n1. The van der Waals surface area contributed by atoms with Crippen molar-refractivity contribution in [3.05, 3.63) is 65.9 Å². The molecule has 0 amide bonds. The second kappa shape index (κ2) is 8.18. The maximum Gasteiger partial charge on any atom is 0.321 e. The van der Waals surface area contributed by atoms with Crippen LogP contribution in [-0.2, 0) is 11.2 Å². The van der Waals surface area contributed by atoms with Gasteiger partial charge < -0.3 is 16.2 Å². The minimum Gasteiger partial charge on any atom is -0.480 e. The molecule has 5 heteroatoms. The van der Waals surface area contributed by atoms with Crippen LogP contribution < -0.4 is 11.1 Å². The molecule has 0 radical (unpaired) electrons. The zero-order valence-corrected chi connectivity index (χ0v) is 15.6. The van der Waals surface area contributed by atoms with Crippen LogP contribution in [0.5, 0.6) is 0 Å². The third kappa shape index (κ3) is 4.09. The van der Waals surface area contributed by atoms with E-state index in [2.05, 4.69) is 30.4 Å². The summed E-state index contributed by atoms with van der Waals surface area (Å²) in [6.45, 7) is 4.04. The van der Waals surface area contributed by atoms with Crippen LogP contribution in [0.15, 0.2) is 54.6 Å². The number of carboxylic acid groups (broad SMARTS) is 1. The number of anilines is 2. The molecule has 3 rings (SSSR count). The van der Waals surface area contributed by atoms with Crippen molar-refractivity contribution in [3.8, 4) is 0 Å². The number of nitrogens with zero attached hydrogens (tertiary/aromatic N) is 1. The molecule has 0 aliphatic carbocycles. The second-order valence-electron chi connectivity index (χ2n) is 6.66. The van der Waals surface area contributed by atoms with Gasteiger partial charge in [-0.3, -0.25) is 4.79 Å². The molecule has 140 valence electrons. The van der Waals surface area contributed by atoms with Gasteiger partial charge in [-0.2, -0.15) is 0 Å². The van der Waals surface area contributed by atoms with Gasteiger partial charge in [-0.1, -0.05) is 50.2 Å². The summed E-state index contributed by atoms with van der Waals surface area (Å²) >= 11 is 0. The van der Waals surface area contributed by atoms with Crippen molar-refractivity contribution in [1.29, 1.82) is 0 Å². The molecule has 0 aliphatic rings. The number of hydrogen-bond donors (Lipinski definition) is 3. The van der Waals surface area contributed by atoms with Crippen molar-refractivity contribution in [3.63, 3.8) is 0 Å². The van der Waals surface area contributed by atoms with Crippen LogP contribution in [0.3, 0.4) is 0 Å². The summed E-state index contributed by atoms with van der Waals surface area (Å²) in [5.41, 5.74) is 8.70. The van der Waals surface area contributed by atoms with Gasteiger partial charge in [0, 0.05) is 22.7 Å². The van der Waals surface area contributed by atoms with Crippen molar-refractivity contribution >= 4 is 28.2 Å². The van der Waals surface area contributed by atoms with E-state index in [1.165, 1.54) is 0 Å². The lowest BCUT2D eigenvalue weighted by Gasteiger charge is -2.20. The first-order chi connectivity index (χ1) is 13.0. The van der Waals surface area contributed by atoms with Gasteiger partial charge in [-0.05, 0) is 42.0 Å². The first-order valence-electron chi connectivity index (χ1n) is 9.27. The summed E-state index contributed by atoms with van der Waals surface area (Å²) in [6.07, 6.45) is 1.54. The maximum atomic E-state index is 11.2. The lowest BCUT2D eigenvalue weighted by Crippen LogP contribution is -2.36. The molecule has 5 nitrogen and oxygen atoms in total. The minimum atomic E-state index is -0.976. The summed E-state index contributed by atoms with van der Waals surface area (Å²) in [4.78, 5) is 16.0. The smallest absolute Gasteiger partial charge is 0.321 e. The molecular formula is C22H25N3O2. The number of pyridine rings is 1. The highest BCUT2D eigenvalue weighted by Gasteiger charge is 2.24. The largest absolute Gasteiger partial charge is 0.480 e. The Labute approximate surface area is 159 Å². The Morgan fingerprint density at radius 2 is 1.85 bits per heavy atom. The zero-order valence-electron chi connectivity index (χ0n) is 15.6. The van der Waals surface area contributed by atoms with E-state index >= 15 is 0 Å². The van der Waals surface area contributed by atoms with Gasteiger partial charge in [0.2, 0.25) is 0 Å². The number of fused-ring (bicyclic) bond motifs is 1. The highest BCUT2D eigenvalue weighted by molar-refractivity contribution is 5.93. The van der Waals surface area contributed by atoms with Gasteiger partial charge in [0.25, 0.3) is 0 Å². The van der Waals surface area contributed by atoms with Crippen LogP contribution in [0.25, 0.3) is 10.8 Å². The van der Waals surface area contributed by atoms with Crippen LogP contribution in [0, 0.1) is 0 Å². The fourth-order valence-electron chi connectivity index (χ4n) is 3.35. The van der Waals surface area contributed by atoms with Crippen molar-refractivity contribution in [2.75, 3.05) is 5.32 Å². The molecule has 0 spiro atoms. The molecular weight excluding hydrogens is 338 g/mol. The monoisotopic (exact) mass is 363 g/mol. The number of aromatic nitrogens is 1. The Bertz CT molecular complexity index is 938. The van der Waals surface area contributed by atoms with Gasteiger partial charge in [-0.15, -0.1) is 0 Å². The van der Waals surface area contributed by atoms with Crippen molar-refractivity contribution in [2.24, 2.45) is 5.73 Å². The van der Waals surface area contributed by atoms with Gasteiger partial charge in [0.1, 0.15) is 11.9 Å². The van der Waals surface area contributed by atoms with Gasteiger partial charge in [0.05, 0.1) is 0 Å². The lowest BCUT2D eigenvalue weighted by molar-refractivity contribution is -0.139. The van der Waals surface area contributed by atoms with Crippen LogP contribution in [0.4, 0.5) is 11.5 Å². The number of aliphatic carboxylic acids is 1. The van der Waals surface area contributed by atoms with E-state index in [1.54, 1.807) is 0 Å². The van der Waals surface area contributed by atoms with Gasteiger partial charge in [0.15, 0.2) is 0 Å². The van der Waals surface area contributed by atoms with Crippen LogP contribution in [0.1, 0.15) is 37.4 Å². The van der Waals surface area contributed by atoms with Crippen LogP contribution >= 0.6 is 0 Å². The molecule has 3 aromatic rings. The number of nitrogens with two attached hydrogens (primary N) is 1. The number of hydrogen-bond acceptors (Lipinski definition) is 4. The minimum absolute atomic E-state index is 0.209. The Kier molecular flexibility index (Phi) is 5.72. The quantitative estimate of drug-likeness (QED) is 0.577. The normalized spacial score (nSPS) is 13.3. The average molecular weight is 363 g/mol. The van der Waals surface area contributed by atoms with Crippen molar-refractivity contribution in [2.45, 2.75) is 38.6 Å². The summed E-state index contributed by atoms with van der Waals surface area (Å²) in [5, 5.41) is 14.8. The molecule has 1 aromatic heterocycles. The van der Waals surface area contributed by atoms with Crippen molar-refractivity contribution in [1.82, 2.24) is 4.98 Å². The Balaban J connectivity index is 1.89. The lowest BCUT2D eigenvalue weighted by atomic mass is 9.89. The Morgan fingerprint density at radius 3 is 2.48 bits per heavy atom. The van der Waals surface area contributed by atoms with E-state index < -0.39 is 12.0 Å². The summed E-state index contributed by atoms with van der Waals surface area (Å²) in [7, 11) is 0. The predicted molar refractivity (Wildman–Crippen MR) is 109 cm³/mol. The standard InChI is InChI=1S/C22H25N3O2/c1-3-16-13-15-7-5-6-8-19(15)21(24-16)25-17-11-9-14(10-12-17)18(4-2)20(23)22(26)27/h5-13,18,20H,3-4,23H2,1-2H3,(H,24,25)(H,26,27). The molecule has 0 aliphatic heterocycles. The topological polar surface area (TPSA) is 88.2 Å². The highest BCUT2D eigenvalue weighted by Crippen LogP contribution is 2.28. The predicted octanol–water partition coefficient (Wildman–Crippen LogP) is 4.45. The molecule has 27 heavy (non-hydrogen) atoms. The second-order valence-corrected chi connectivity index (χ2v) is 6.66. The summed E-state index contributed by atoms with van der Waals surface area (Å²) < 4.78 is 0. The Morgan fingerprint density at radius 1 is 1.15 bits per heavy atom. The molecule has 4 N–H and O–H groups in total. The third-order valence-corrected chi connectivity index (χ3v) is 4.92. The van der Waals surface area contributed by atoms with E-state index in [0.717, 1.165) is 40.0 Å².